The molecule has 0 N–H and O–H groups in total. The van der Waals surface area contributed by atoms with E-state index in [2.05, 4.69) is 6.92 Å². The standard InChI is InChI=1S/C13H10OS2/c1-2-8-7-10-12(14)9-5-3-4-6-11(9)16-13(10)15-8/h3-7H,2H2,1H3. The molecule has 0 saturated carbocycles. The van der Waals surface area contributed by atoms with Crippen molar-refractivity contribution in [3.63, 3.8) is 0 Å². The van der Waals surface area contributed by atoms with Gasteiger partial charge in [-0.25, -0.2) is 0 Å². The Bertz CT molecular complexity index is 721. The van der Waals surface area contributed by atoms with Gasteiger partial charge >= 0.3 is 0 Å². The number of aryl methyl sites for hydroxylation is 1. The van der Waals surface area contributed by atoms with Gasteiger partial charge in [0.2, 0.25) is 0 Å². The Hall–Kier alpha value is -1.19. The van der Waals surface area contributed by atoms with Crippen LogP contribution in [0.2, 0.25) is 0 Å². The highest BCUT2D eigenvalue weighted by Gasteiger charge is 2.08. The smallest absolute Gasteiger partial charge is 0.196 e. The molecule has 2 aromatic heterocycles. The molecule has 1 nitrogen and oxygen atoms in total. The third kappa shape index (κ3) is 1.39. The second-order valence-electron chi connectivity index (χ2n) is 3.69. The van der Waals surface area contributed by atoms with Gasteiger partial charge in [-0.3, -0.25) is 4.79 Å². The van der Waals surface area contributed by atoms with Crippen LogP contribution < -0.4 is 5.43 Å². The first kappa shape index (κ1) is 10.00. The first-order valence-corrected chi connectivity index (χ1v) is 6.87. The van der Waals surface area contributed by atoms with Crippen LogP contribution in [0.1, 0.15) is 11.8 Å². The van der Waals surface area contributed by atoms with Crippen molar-refractivity contribution in [1.29, 1.82) is 0 Å². The summed E-state index contributed by atoms with van der Waals surface area (Å²) < 4.78 is 2.24. The van der Waals surface area contributed by atoms with E-state index in [1.54, 1.807) is 22.7 Å². The number of thiophene rings is 1. The number of benzene rings is 1. The summed E-state index contributed by atoms with van der Waals surface area (Å²) >= 11 is 3.46. The molecule has 3 heteroatoms. The monoisotopic (exact) mass is 246 g/mol. The van der Waals surface area contributed by atoms with E-state index in [1.807, 2.05) is 30.3 Å². The molecule has 0 amide bonds. The molecule has 0 atom stereocenters. The molecule has 0 spiro atoms. The zero-order chi connectivity index (χ0) is 11.1. The minimum atomic E-state index is 0.181. The lowest BCUT2D eigenvalue weighted by molar-refractivity contribution is 1.19. The highest BCUT2D eigenvalue weighted by molar-refractivity contribution is 7.40. The third-order valence-electron chi connectivity index (χ3n) is 2.68. The molecule has 0 unspecified atom stereocenters. The highest BCUT2D eigenvalue weighted by atomic mass is 32.2. The van der Waals surface area contributed by atoms with Crippen LogP contribution in [-0.4, -0.2) is 0 Å². The van der Waals surface area contributed by atoms with Gasteiger partial charge in [0.05, 0.1) is 9.40 Å². The summed E-state index contributed by atoms with van der Waals surface area (Å²) in [5.74, 6) is 0. The van der Waals surface area contributed by atoms with Gasteiger partial charge in [0.15, 0.2) is 5.43 Å². The van der Waals surface area contributed by atoms with Gasteiger partial charge in [-0.15, -0.1) is 22.7 Å². The summed E-state index contributed by atoms with van der Waals surface area (Å²) in [6, 6.07) is 9.89. The third-order valence-corrected chi connectivity index (χ3v) is 5.23. The molecule has 1 aromatic carbocycles. The first-order valence-electron chi connectivity index (χ1n) is 5.24. The van der Waals surface area contributed by atoms with Crippen LogP contribution in [0.25, 0.3) is 19.5 Å². The molecule has 0 radical (unpaired) electrons. The molecule has 0 bridgehead atoms. The predicted molar refractivity (Wildman–Crippen MR) is 72.9 cm³/mol. The average molecular weight is 246 g/mol. The molecular formula is C13H10OS2. The molecule has 16 heavy (non-hydrogen) atoms. The highest BCUT2D eigenvalue weighted by Crippen LogP contribution is 2.31. The topological polar surface area (TPSA) is 17.1 Å². The van der Waals surface area contributed by atoms with Gasteiger partial charge in [-0.1, -0.05) is 19.1 Å². The van der Waals surface area contributed by atoms with Crippen molar-refractivity contribution in [3.8, 4) is 0 Å². The van der Waals surface area contributed by atoms with E-state index < -0.39 is 0 Å². The maximum atomic E-state index is 12.2. The van der Waals surface area contributed by atoms with E-state index in [0.29, 0.717) is 0 Å². The molecular weight excluding hydrogens is 236 g/mol. The summed E-state index contributed by atoms with van der Waals surface area (Å²) in [7, 11) is 0. The van der Waals surface area contributed by atoms with Crippen LogP contribution in [0, 0.1) is 0 Å². The Morgan fingerprint density at radius 2 is 1.94 bits per heavy atom. The van der Waals surface area contributed by atoms with E-state index in [4.69, 9.17) is 0 Å². The fourth-order valence-electron chi connectivity index (χ4n) is 1.82. The van der Waals surface area contributed by atoms with E-state index in [0.717, 1.165) is 25.9 Å². The zero-order valence-corrected chi connectivity index (χ0v) is 10.5. The molecule has 0 aliphatic carbocycles. The number of hydrogen-bond acceptors (Lipinski definition) is 3. The van der Waals surface area contributed by atoms with Crippen LogP contribution in [0.5, 0.6) is 0 Å². The van der Waals surface area contributed by atoms with Crippen molar-refractivity contribution in [1.82, 2.24) is 0 Å². The van der Waals surface area contributed by atoms with Gasteiger partial charge in [-0.2, -0.15) is 0 Å². The molecule has 0 aliphatic rings. The molecule has 3 rings (SSSR count). The summed E-state index contributed by atoms with van der Waals surface area (Å²) in [6.45, 7) is 2.12. The Morgan fingerprint density at radius 1 is 1.12 bits per heavy atom. The maximum absolute atomic E-state index is 12.2. The molecule has 80 valence electrons. The van der Waals surface area contributed by atoms with Crippen molar-refractivity contribution in [2.75, 3.05) is 0 Å². The molecule has 2 heterocycles. The van der Waals surface area contributed by atoms with Crippen LogP contribution in [-0.2, 0) is 6.42 Å². The van der Waals surface area contributed by atoms with Gasteiger partial charge < -0.3 is 0 Å². The quantitative estimate of drug-likeness (QED) is 0.633. The van der Waals surface area contributed by atoms with Gasteiger partial charge in [-0.05, 0) is 24.6 Å². The maximum Gasteiger partial charge on any atom is 0.196 e. The van der Waals surface area contributed by atoms with E-state index in [1.165, 1.54) is 4.88 Å². The van der Waals surface area contributed by atoms with Gasteiger partial charge in [0, 0.05) is 15.0 Å². The van der Waals surface area contributed by atoms with E-state index in [9.17, 15) is 4.79 Å². The fraction of sp³-hybridized carbons (Fsp3) is 0.154. The Morgan fingerprint density at radius 3 is 2.75 bits per heavy atom. The first-order chi connectivity index (χ1) is 7.79. The van der Waals surface area contributed by atoms with E-state index in [-0.39, 0.29) is 5.43 Å². The second kappa shape index (κ2) is 3.68. The van der Waals surface area contributed by atoms with Crippen LogP contribution in [0.4, 0.5) is 0 Å². The zero-order valence-electron chi connectivity index (χ0n) is 8.82. The normalized spacial score (nSPS) is 11.3. The number of fused-ring (bicyclic) bond motifs is 2. The van der Waals surface area contributed by atoms with Gasteiger partial charge in [0.25, 0.3) is 0 Å². The van der Waals surface area contributed by atoms with Gasteiger partial charge in [0.1, 0.15) is 0 Å². The van der Waals surface area contributed by atoms with Crippen molar-refractivity contribution in [2.24, 2.45) is 0 Å². The second-order valence-corrected chi connectivity index (χ2v) is 6.14. The summed E-state index contributed by atoms with van der Waals surface area (Å²) in [5, 5.41) is 1.74. The minimum Gasteiger partial charge on any atom is -0.288 e. The molecule has 3 aromatic rings. The number of hydrogen-bond donors (Lipinski definition) is 0. The minimum absolute atomic E-state index is 0.181. The SMILES string of the molecule is CCc1cc2c(=O)c3ccccc3sc2s1. The van der Waals surface area contributed by atoms with Crippen molar-refractivity contribution in [2.45, 2.75) is 13.3 Å². The van der Waals surface area contributed by atoms with Crippen molar-refractivity contribution >= 4 is 42.2 Å². The lowest BCUT2D eigenvalue weighted by Crippen LogP contribution is -1.98. The van der Waals surface area contributed by atoms with E-state index >= 15 is 0 Å². The predicted octanol–water partition coefficient (Wildman–Crippen LogP) is 4.04. The van der Waals surface area contributed by atoms with Crippen LogP contribution in [0.3, 0.4) is 0 Å². The Balaban J connectivity index is 2.53. The summed E-state index contributed by atoms with van der Waals surface area (Å²) in [4.78, 5) is 13.5. The Labute approximate surface area is 101 Å². The number of rotatable bonds is 1. The van der Waals surface area contributed by atoms with Crippen LogP contribution in [0.15, 0.2) is 35.1 Å². The lowest BCUT2D eigenvalue weighted by atomic mass is 10.2. The summed E-state index contributed by atoms with van der Waals surface area (Å²) in [6.07, 6.45) is 1.00. The average Bonchev–Trinajstić information content (AvgIpc) is 2.73. The molecule has 0 fully saturated rings. The van der Waals surface area contributed by atoms with Crippen molar-refractivity contribution < 1.29 is 0 Å². The molecule has 0 aliphatic heterocycles. The Kier molecular flexibility index (Phi) is 2.30. The fourth-order valence-corrected chi connectivity index (χ4v) is 4.28. The van der Waals surface area contributed by atoms with Crippen molar-refractivity contribution in [3.05, 3.63) is 45.4 Å². The van der Waals surface area contributed by atoms with Crippen LogP contribution >= 0.6 is 22.7 Å². The lowest BCUT2D eigenvalue weighted by Gasteiger charge is -1.94. The molecule has 0 saturated heterocycles. The largest absolute Gasteiger partial charge is 0.288 e. The summed E-state index contributed by atoms with van der Waals surface area (Å²) in [5.41, 5.74) is 0.181.